The largest absolute Gasteiger partial charge is 0.466 e. The number of carbonyl (C=O) groups excluding carboxylic acids is 2. The number of nitrogens with one attached hydrogen (secondary N) is 1. The van der Waals surface area contributed by atoms with Crippen LogP contribution in [-0.4, -0.2) is 70.6 Å². The standard InChI is InChI=1S/C22H25ClN6O3S2/c1-3-32-20(30)4-5-28-6-7-29(11-14(28)2)19-10-24-16(9-25-19)21(31)27-22-26-17(13-34-22)18-8-15(23)12-33-18/h8-10,12-14H,3-7,11H2,1-2H3,(H,26,27,31)/t14-/m1/s1. The van der Waals surface area contributed by atoms with Crippen LogP contribution in [0, 0.1) is 0 Å². The Morgan fingerprint density at radius 3 is 2.76 bits per heavy atom. The van der Waals surface area contributed by atoms with E-state index in [4.69, 9.17) is 16.3 Å². The van der Waals surface area contributed by atoms with Gasteiger partial charge in [-0.05, 0) is 19.9 Å². The summed E-state index contributed by atoms with van der Waals surface area (Å²) in [5.74, 6) is 0.197. The van der Waals surface area contributed by atoms with Crippen LogP contribution in [-0.2, 0) is 9.53 Å². The number of aromatic nitrogens is 3. The molecule has 1 fully saturated rings. The summed E-state index contributed by atoms with van der Waals surface area (Å²) in [6.07, 6.45) is 3.50. The van der Waals surface area contributed by atoms with E-state index in [-0.39, 0.29) is 23.6 Å². The summed E-state index contributed by atoms with van der Waals surface area (Å²) >= 11 is 8.82. The minimum atomic E-state index is -0.360. The highest BCUT2D eigenvalue weighted by Gasteiger charge is 2.25. The second-order valence-corrected chi connectivity index (χ2v) is 9.97. The number of hydrogen-bond donors (Lipinski definition) is 1. The quantitative estimate of drug-likeness (QED) is 0.444. The summed E-state index contributed by atoms with van der Waals surface area (Å²) in [7, 11) is 0. The number of ether oxygens (including phenoxy) is 1. The molecule has 0 radical (unpaired) electrons. The minimum absolute atomic E-state index is 0.165. The van der Waals surface area contributed by atoms with E-state index in [1.807, 2.05) is 23.8 Å². The van der Waals surface area contributed by atoms with Gasteiger partial charge in [0.15, 0.2) is 5.13 Å². The van der Waals surface area contributed by atoms with Crippen LogP contribution in [0.3, 0.4) is 0 Å². The van der Waals surface area contributed by atoms with Crippen LogP contribution >= 0.6 is 34.3 Å². The summed E-state index contributed by atoms with van der Waals surface area (Å²) in [6.45, 7) is 7.36. The molecule has 4 rings (SSSR count). The zero-order valence-corrected chi connectivity index (χ0v) is 21.3. The fourth-order valence-electron chi connectivity index (χ4n) is 3.66. The first-order chi connectivity index (χ1) is 16.4. The van der Waals surface area contributed by atoms with Crippen molar-refractivity contribution < 1.29 is 14.3 Å². The normalized spacial score (nSPS) is 16.4. The lowest BCUT2D eigenvalue weighted by atomic mass is 10.2. The van der Waals surface area contributed by atoms with Crippen molar-refractivity contribution in [2.45, 2.75) is 26.3 Å². The molecule has 0 unspecified atom stereocenters. The number of anilines is 2. The van der Waals surface area contributed by atoms with Crippen LogP contribution in [0.1, 0.15) is 30.8 Å². The van der Waals surface area contributed by atoms with E-state index in [2.05, 4.69) is 37.0 Å². The van der Waals surface area contributed by atoms with Gasteiger partial charge in [-0.25, -0.2) is 15.0 Å². The Hall–Kier alpha value is -2.60. The van der Waals surface area contributed by atoms with Gasteiger partial charge in [0.05, 0.1) is 41.0 Å². The molecule has 0 saturated carbocycles. The monoisotopic (exact) mass is 520 g/mol. The van der Waals surface area contributed by atoms with Crippen molar-refractivity contribution in [3.05, 3.63) is 39.9 Å². The number of carbonyl (C=O) groups is 2. The van der Waals surface area contributed by atoms with Gasteiger partial charge in [-0.2, -0.15) is 0 Å². The summed E-state index contributed by atoms with van der Waals surface area (Å²) in [5.41, 5.74) is 0.995. The van der Waals surface area contributed by atoms with Crippen LogP contribution in [0.25, 0.3) is 10.6 Å². The van der Waals surface area contributed by atoms with E-state index in [0.29, 0.717) is 29.7 Å². The third-order valence-electron chi connectivity index (χ3n) is 5.41. The molecule has 1 atom stereocenters. The lowest BCUT2D eigenvalue weighted by Crippen LogP contribution is -2.52. The van der Waals surface area contributed by atoms with Crippen LogP contribution in [0.15, 0.2) is 29.2 Å². The molecule has 0 aliphatic carbocycles. The maximum atomic E-state index is 12.6. The molecular formula is C22H25ClN6O3S2. The van der Waals surface area contributed by atoms with Crippen molar-refractivity contribution in [3.8, 4) is 10.6 Å². The molecule has 0 spiro atoms. The molecular weight excluding hydrogens is 496 g/mol. The molecule has 34 heavy (non-hydrogen) atoms. The highest BCUT2D eigenvalue weighted by Crippen LogP contribution is 2.31. The Kier molecular flexibility index (Phi) is 8.09. The third-order valence-corrected chi connectivity index (χ3v) is 7.47. The van der Waals surface area contributed by atoms with Gasteiger partial charge in [-0.15, -0.1) is 22.7 Å². The first kappa shape index (κ1) is 24.5. The van der Waals surface area contributed by atoms with Gasteiger partial charge in [0.25, 0.3) is 5.91 Å². The van der Waals surface area contributed by atoms with Crippen LogP contribution < -0.4 is 10.2 Å². The molecule has 3 aromatic rings. The molecule has 1 amide bonds. The number of halogens is 1. The Balaban J connectivity index is 1.30. The Labute approximate surface area is 210 Å². The second kappa shape index (κ2) is 11.2. The Morgan fingerprint density at radius 1 is 1.24 bits per heavy atom. The van der Waals surface area contributed by atoms with Crippen molar-refractivity contribution in [1.29, 1.82) is 0 Å². The van der Waals surface area contributed by atoms with Crippen molar-refractivity contribution in [2.75, 3.05) is 43.0 Å². The lowest BCUT2D eigenvalue weighted by molar-refractivity contribution is -0.143. The molecule has 3 aromatic heterocycles. The predicted molar refractivity (Wildman–Crippen MR) is 135 cm³/mol. The van der Waals surface area contributed by atoms with E-state index in [0.717, 1.165) is 36.0 Å². The molecule has 180 valence electrons. The number of hydrogen-bond acceptors (Lipinski definition) is 10. The smallest absolute Gasteiger partial charge is 0.307 e. The molecule has 9 nitrogen and oxygen atoms in total. The third kappa shape index (κ3) is 6.09. The van der Waals surface area contributed by atoms with E-state index < -0.39 is 0 Å². The molecule has 1 saturated heterocycles. The van der Waals surface area contributed by atoms with Gasteiger partial charge >= 0.3 is 5.97 Å². The minimum Gasteiger partial charge on any atom is -0.466 e. The molecule has 12 heteroatoms. The van der Waals surface area contributed by atoms with E-state index in [1.165, 1.54) is 28.9 Å². The number of esters is 1. The van der Waals surface area contributed by atoms with Crippen LogP contribution in [0.5, 0.6) is 0 Å². The molecule has 1 N–H and O–H groups in total. The number of thiazole rings is 1. The molecule has 4 heterocycles. The van der Waals surface area contributed by atoms with Crippen molar-refractivity contribution in [1.82, 2.24) is 19.9 Å². The first-order valence-electron chi connectivity index (χ1n) is 10.9. The first-order valence-corrected chi connectivity index (χ1v) is 13.0. The maximum absolute atomic E-state index is 12.6. The topological polar surface area (TPSA) is 101 Å². The van der Waals surface area contributed by atoms with Gasteiger partial charge in [0, 0.05) is 43.0 Å². The van der Waals surface area contributed by atoms with Gasteiger partial charge in [-0.1, -0.05) is 11.6 Å². The SMILES string of the molecule is CCOC(=O)CCN1CCN(c2cnc(C(=O)Nc3nc(-c4cc(Cl)cs4)cs3)cn2)C[C@H]1C. The zero-order valence-electron chi connectivity index (χ0n) is 18.9. The number of amides is 1. The fourth-order valence-corrected chi connectivity index (χ4v) is 5.47. The highest BCUT2D eigenvalue weighted by atomic mass is 35.5. The van der Waals surface area contributed by atoms with E-state index in [1.54, 1.807) is 6.20 Å². The Morgan fingerprint density at radius 2 is 2.09 bits per heavy atom. The summed E-state index contributed by atoms with van der Waals surface area (Å²) in [4.78, 5) is 42.8. The highest BCUT2D eigenvalue weighted by molar-refractivity contribution is 7.16. The van der Waals surface area contributed by atoms with Gasteiger partial charge in [0.1, 0.15) is 11.5 Å². The van der Waals surface area contributed by atoms with Crippen molar-refractivity contribution >= 4 is 57.1 Å². The summed E-state index contributed by atoms with van der Waals surface area (Å²) in [6, 6.07) is 2.10. The summed E-state index contributed by atoms with van der Waals surface area (Å²) in [5, 5.41) is 7.65. The second-order valence-electron chi connectivity index (χ2n) is 7.77. The molecule has 0 aromatic carbocycles. The lowest BCUT2D eigenvalue weighted by Gasteiger charge is -2.40. The van der Waals surface area contributed by atoms with Crippen molar-refractivity contribution in [3.63, 3.8) is 0 Å². The zero-order chi connectivity index (χ0) is 24.1. The van der Waals surface area contributed by atoms with Gasteiger partial charge in [-0.3, -0.25) is 19.8 Å². The number of thiophene rings is 1. The van der Waals surface area contributed by atoms with Crippen molar-refractivity contribution in [2.24, 2.45) is 0 Å². The van der Waals surface area contributed by atoms with Gasteiger partial charge < -0.3 is 9.64 Å². The van der Waals surface area contributed by atoms with Crippen LogP contribution in [0.4, 0.5) is 10.9 Å². The molecule has 1 aliphatic heterocycles. The Bertz CT molecular complexity index is 1140. The average Bonchev–Trinajstić information content (AvgIpc) is 3.47. The molecule has 0 bridgehead atoms. The predicted octanol–water partition coefficient (Wildman–Crippen LogP) is 4.03. The average molecular weight is 521 g/mol. The molecule has 1 aliphatic rings. The number of rotatable bonds is 8. The number of nitrogens with zero attached hydrogens (tertiary/aromatic N) is 5. The maximum Gasteiger partial charge on any atom is 0.307 e. The fraction of sp³-hybridized carbons (Fsp3) is 0.409. The van der Waals surface area contributed by atoms with Crippen LogP contribution in [0.2, 0.25) is 5.02 Å². The number of piperazine rings is 1. The van der Waals surface area contributed by atoms with E-state index in [9.17, 15) is 9.59 Å². The van der Waals surface area contributed by atoms with Gasteiger partial charge in [0.2, 0.25) is 0 Å². The van der Waals surface area contributed by atoms with E-state index >= 15 is 0 Å². The summed E-state index contributed by atoms with van der Waals surface area (Å²) < 4.78 is 5.01.